The number of fused-ring (bicyclic) bond motifs is 1. The lowest BCUT2D eigenvalue weighted by Gasteiger charge is -2.12. The van der Waals surface area contributed by atoms with E-state index in [9.17, 15) is 4.39 Å². The Labute approximate surface area is 153 Å². The molecule has 0 radical (unpaired) electrons. The number of ether oxygens (including phenoxy) is 2. The summed E-state index contributed by atoms with van der Waals surface area (Å²) in [6.07, 6.45) is 5.66. The number of rotatable bonds is 10. The van der Waals surface area contributed by atoms with E-state index < -0.39 is 0 Å². The molecule has 26 heavy (non-hydrogen) atoms. The average molecular weight is 356 g/mol. The van der Waals surface area contributed by atoms with Crippen molar-refractivity contribution in [2.45, 2.75) is 25.7 Å². The van der Waals surface area contributed by atoms with Gasteiger partial charge in [-0.2, -0.15) is 0 Å². The number of halogens is 1. The number of H-pyrrole nitrogens is 1. The Kier molecular flexibility index (Phi) is 6.50. The number of nitrogens with two attached hydrogens (primary N) is 1. The van der Waals surface area contributed by atoms with Gasteiger partial charge in [0.25, 0.3) is 0 Å². The number of para-hydroxylation sites is 2. The van der Waals surface area contributed by atoms with Gasteiger partial charge in [0.15, 0.2) is 11.5 Å². The van der Waals surface area contributed by atoms with Crippen LogP contribution in [-0.4, -0.2) is 24.7 Å². The van der Waals surface area contributed by atoms with E-state index in [0.29, 0.717) is 19.6 Å². The number of unbranched alkanes of at least 4 members (excludes halogenated alkanes) is 2. The molecule has 0 unspecified atom stereocenters. The van der Waals surface area contributed by atoms with Crippen molar-refractivity contribution >= 4 is 10.9 Å². The molecule has 3 N–H and O–H groups in total. The van der Waals surface area contributed by atoms with Crippen LogP contribution in [0.15, 0.2) is 48.7 Å². The van der Waals surface area contributed by atoms with Crippen LogP contribution in [0.1, 0.15) is 24.8 Å². The SMILES string of the molecule is NCCCCCOc1ccccc1OCCc1c[nH]c2ccc(F)cc12. The van der Waals surface area contributed by atoms with Crippen LogP contribution in [-0.2, 0) is 6.42 Å². The highest BCUT2D eigenvalue weighted by Gasteiger charge is 2.07. The van der Waals surface area contributed by atoms with Crippen molar-refractivity contribution in [3.63, 3.8) is 0 Å². The molecular weight excluding hydrogens is 331 g/mol. The molecule has 0 spiro atoms. The first-order valence-corrected chi connectivity index (χ1v) is 9.08. The van der Waals surface area contributed by atoms with Gasteiger partial charge in [0.2, 0.25) is 0 Å². The Morgan fingerprint density at radius 1 is 0.923 bits per heavy atom. The monoisotopic (exact) mass is 356 g/mol. The van der Waals surface area contributed by atoms with Crippen molar-refractivity contribution in [2.75, 3.05) is 19.8 Å². The molecular formula is C21H25FN2O2. The van der Waals surface area contributed by atoms with Crippen molar-refractivity contribution < 1.29 is 13.9 Å². The molecule has 3 rings (SSSR count). The molecule has 1 aromatic heterocycles. The fraction of sp³-hybridized carbons (Fsp3) is 0.333. The summed E-state index contributed by atoms with van der Waals surface area (Å²) >= 11 is 0. The van der Waals surface area contributed by atoms with Gasteiger partial charge in [0.1, 0.15) is 5.82 Å². The maximum Gasteiger partial charge on any atom is 0.161 e. The first-order chi connectivity index (χ1) is 12.8. The third-order valence-corrected chi connectivity index (χ3v) is 4.31. The molecule has 0 aliphatic carbocycles. The van der Waals surface area contributed by atoms with Gasteiger partial charge in [-0.25, -0.2) is 4.39 Å². The van der Waals surface area contributed by atoms with Crippen LogP contribution in [0.5, 0.6) is 11.5 Å². The Balaban J connectivity index is 1.55. The normalized spacial score (nSPS) is 11.0. The molecule has 0 aliphatic rings. The van der Waals surface area contributed by atoms with Crippen molar-refractivity contribution in [3.05, 3.63) is 60.0 Å². The zero-order valence-electron chi connectivity index (χ0n) is 14.8. The summed E-state index contributed by atoms with van der Waals surface area (Å²) in [7, 11) is 0. The molecule has 138 valence electrons. The Hall–Kier alpha value is -2.53. The third kappa shape index (κ3) is 4.76. The lowest BCUT2D eigenvalue weighted by molar-refractivity contribution is 0.265. The fourth-order valence-corrected chi connectivity index (χ4v) is 2.92. The van der Waals surface area contributed by atoms with Crippen LogP contribution in [0.2, 0.25) is 0 Å². The summed E-state index contributed by atoms with van der Waals surface area (Å²) in [6.45, 7) is 1.87. The van der Waals surface area contributed by atoms with E-state index in [0.717, 1.165) is 53.8 Å². The second-order valence-corrected chi connectivity index (χ2v) is 6.25. The molecule has 0 saturated heterocycles. The molecule has 3 aromatic rings. The maximum absolute atomic E-state index is 13.5. The van der Waals surface area contributed by atoms with Gasteiger partial charge in [-0.05, 0) is 61.7 Å². The number of benzene rings is 2. The van der Waals surface area contributed by atoms with Crippen LogP contribution in [0.25, 0.3) is 10.9 Å². The summed E-state index contributed by atoms with van der Waals surface area (Å²) in [6, 6.07) is 12.5. The standard InChI is InChI=1S/C21H25FN2O2/c22-17-8-9-19-18(14-17)16(15-24-19)10-13-26-21-7-3-2-6-20(21)25-12-5-1-4-11-23/h2-3,6-9,14-15,24H,1,4-5,10-13,23H2. The van der Waals surface area contributed by atoms with Crippen LogP contribution < -0.4 is 15.2 Å². The van der Waals surface area contributed by atoms with E-state index in [1.165, 1.54) is 6.07 Å². The molecule has 1 heterocycles. The van der Waals surface area contributed by atoms with Gasteiger partial charge in [-0.15, -0.1) is 0 Å². The first kappa shape index (κ1) is 18.3. The minimum Gasteiger partial charge on any atom is -0.490 e. The molecule has 0 saturated carbocycles. The molecule has 0 fully saturated rings. The van der Waals surface area contributed by atoms with Gasteiger partial charge >= 0.3 is 0 Å². The maximum atomic E-state index is 13.5. The number of hydrogen-bond acceptors (Lipinski definition) is 3. The summed E-state index contributed by atoms with van der Waals surface area (Å²) in [5, 5.41) is 0.901. The van der Waals surface area contributed by atoms with Crippen LogP contribution in [0.3, 0.4) is 0 Å². The van der Waals surface area contributed by atoms with E-state index in [4.69, 9.17) is 15.2 Å². The summed E-state index contributed by atoms with van der Waals surface area (Å²) in [4.78, 5) is 3.16. The molecule has 0 atom stereocenters. The Morgan fingerprint density at radius 3 is 2.46 bits per heavy atom. The molecule has 4 nitrogen and oxygen atoms in total. The largest absolute Gasteiger partial charge is 0.490 e. The second-order valence-electron chi connectivity index (χ2n) is 6.25. The smallest absolute Gasteiger partial charge is 0.161 e. The lowest BCUT2D eigenvalue weighted by Crippen LogP contribution is -2.05. The van der Waals surface area contributed by atoms with E-state index in [-0.39, 0.29) is 5.82 Å². The van der Waals surface area contributed by atoms with Crippen LogP contribution >= 0.6 is 0 Å². The summed E-state index contributed by atoms with van der Waals surface area (Å²) < 4.78 is 25.2. The molecule has 0 bridgehead atoms. The Bertz CT molecular complexity index is 832. The lowest BCUT2D eigenvalue weighted by atomic mass is 10.1. The van der Waals surface area contributed by atoms with Crippen molar-refractivity contribution in [3.8, 4) is 11.5 Å². The van der Waals surface area contributed by atoms with Crippen LogP contribution in [0.4, 0.5) is 4.39 Å². The quantitative estimate of drug-likeness (QED) is 0.528. The third-order valence-electron chi connectivity index (χ3n) is 4.31. The van der Waals surface area contributed by atoms with Gasteiger partial charge in [0.05, 0.1) is 13.2 Å². The fourth-order valence-electron chi connectivity index (χ4n) is 2.92. The average Bonchev–Trinajstić information content (AvgIpc) is 3.05. The predicted octanol–water partition coefficient (Wildman–Crippen LogP) is 4.44. The van der Waals surface area contributed by atoms with Gasteiger partial charge in [0, 0.05) is 23.5 Å². The number of hydrogen-bond donors (Lipinski definition) is 2. The first-order valence-electron chi connectivity index (χ1n) is 9.08. The molecule has 0 amide bonds. The van der Waals surface area contributed by atoms with Crippen molar-refractivity contribution in [2.24, 2.45) is 5.73 Å². The topological polar surface area (TPSA) is 60.3 Å². The van der Waals surface area contributed by atoms with Gasteiger partial charge < -0.3 is 20.2 Å². The van der Waals surface area contributed by atoms with E-state index in [1.807, 2.05) is 30.5 Å². The van der Waals surface area contributed by atoms with E-state index >= 15 is 0 Å². The van der Waals surface area contributed by atoms with Gasteiger partial charge in [-0.3, -0.25) is 0 Å². The highest BCUT2D eigenvalue weighted by atomic mass is 19.1. The zero-order chi connectivity index (χ0) is 18.2. The molecule has 5 heteroatoms. The highest BCUT2D eigenvalue weighted by Crippen LogP contribution is 2.27. The minimum atomic E-state index is -0.229. The minimum absolute atomic E-state index is 0.229. The number of aromatic amines is 1. The van der Waals surface area contributed by atoms with E-state index in [2.05, 4.69) is 4.98 Å². The summed E-state index contributed by atoms with van der Waals surface area (Å²) in [5.74, 6) is 1.26. The highest BCUT2D eigenvalue weighted by molar-refractivity contribution is 5.83. The van der Waals surface area contributed by atoms with Crippen molar-refractivity contribution in [1.29, 1.82) is 0 Å². The number of nitrogens with one attached hydrogen (secondary N) is 1. The van der Waals surface area contributed by atoms with Crippen LogP contribution in [0, 0.1) is 5.82 Å². The van der Waals surface area contributed by atoms with Gasteiger partial charge in [-0.1, -0.05) is 12.1 Å². The summed E-state index contributed by atoms with van der Waals surface area (Å²) in [5.41, 5.74) is 7.47. The van der Waals surface area contributed by atoms with E-state index in [1.54, 1.807) is 12.1 Å². The predicted molar refractivity (Wildman–Crippen MR) is 102 cm³/mol. The molecule has 0 aliphatic heterocycles. The second kappa shape index (κ2) is 9.25. The van der Waals surface area contributed by atoms with Crippen molar-refractivity contribution in [1.82, 2.24) is 4.98 Å². The Morgan fingerprint density at radius 2 is 1.69 bits per heavy atom. The zero-order valence-corrected chi connectivity index (χ0v) is 14.8. The number of aromatic nitrogens is 1. The molecule has 2 aromatic carbocycles.